The molecule has 1 heterocycles. The fourth-order valence-corrected chi connectivity index (χ4v) is 2.84. The lowest BCUT2D eigenvalue weighted by atomic mass is 10.2. The van der Waals surface area contributed by atoms with Crippen molar-refractivity contribution < 1.29 is 18.9 Å². The first-order chi connectivity index (χ1) is 14.7. The van der Waals surface area contributed by atoms with Gasteiger partial charge in [0.1, 0.15) is 0 Å². The van der Waals surface area contributed by atoms with Gasteiger partial charge in [0.25, 0.3) is 0 Å². The third kappa shape index (κ3) is 4.94. The molecule has 0 N–H and O–H groups in total. The first-order valence-corrected chi connectivity index (χ1v) is 10.1. The van der Waals surface area contributed by atoms with Gasteiger partial charge in [0.15, 0.2) is 23.0 Å². The summed E-state index contributed by atoms with van der Waals surface area (Å²) in [5, 5.41) is 17.0. The normalized spacial score (nSPS) is 10.5. The molecule has 0 aliphatic heterocycles. The Kier molecular flexibility index (Phi) is 7.37. The van der Waals surface area contributed by atoms with Crippen molar-refractivity contribution in [2.24, 2.45) is 0 Å². The number of benzene rings is 2. The second-order valence-corrected chi connectivity index (χ2v) is 6.10. The van der Waals surface area contributed by atoms with Gasteiger partial charge in [-0.2, -0.15) is 0 Å². The standard InChI is InChI=1S/C22H26N4O4/c1-5-27-17-11-9-15(13-19(17)29-7-3)21-23-25-22(26-24-21)16-10-12-18(28-6-2)20(14-16)30-8-4/h9-14H,5-8H2,1-4H3. The zero-order valence-corrected chi connectivity index (χ0v) is 17.7. The summed E-state index contributed by atoms with van der Waals surface area (Å²) in [5.74, 6) is 3.43. The van der Waals surface area contributed by atoms with E-state index in [-0.39, 0.29) is 0 Å². The number of rotatable bonds is 10. The Morgan fingerprint density at radius 3 is 1.17 bits per heavy atom. The van der Waals surface area contributed by atoms with Gasteiger partial charge in [0.2, 0.25) is 11.6 Å². The van der Waals surface area contributed by atoms with Crippen LogP contribution < -0.4 is 18.9 Å². The molecule has 8 heteroatoms. The van der Waals surface area contributed by atoms with Gasteiger partial charge < -0.3 is 18.9 Å². The molecule has 0 fully saturated rings. The zero-order chi connectivity index (χ0) is 21.3. The predicted molar refractivity (Wildman–Crippen MR) is 113 cm³/mol. The maximum absolute atomic E-state index is 5.66. The Morgan fingerprint density at radius 2 is 0.833 bits per heavy atom. The van der Waals surface area contributed by atoms with Crippen LogP contribution in [0, 0.1) is 0 Å². The average molecular weight is 410 g/mol. The summed E-state index contributed by atoms with van der Waals surface area (Å²) < 4.78 is 22.5. The van der Waals surface area contributed by atoms with Gasteiger partial charge in [-0.1, -0.05) is 0 Å². The highest BCUT2D eigenvalue weighted by molar-refractivity contribution is 5.63. The van der Waals surface area contributed by atoms with Crippen molar-refractivity contribution >= 4 is 0 Å². The molecule has 3 rings (SSSR count). The van der Waals surface area contributed by atoms with E-state index in [1.54, 1.807) is 0 Å². The summed E-state index contributed by atoms with van der Waals surface area (Å²) in [4.78, 5) is 0. The van der Waals surface area contributed by atoms with Gasteiger partial charge in [-0.25, -0.2) is 0 Å². The van der Waals surface area contributed by atoms with Gasteiger partial charge >= 0.3 is 0 Å². The molecule has 0 saturated heterocycles. The molecule has 2 aromatic carbocycles. The number of ether oxygens (including phenoxy) is 4. The van der Waals surface area contributed by atoms with Crippen LogP contribution in [-0.4, -0.2) is 46.8 Å². The molecule has 0 saturated carbocycles. The molecule has 3 aromatic rings. The zero-order valence-electron chi connectivity index (χ0n) is 17.7. The Hall–Kier alpha value is -3.42. The van der Waals surface area contributed by atoms with Gasteiger partial charge in [0.05, 0.1) is 26.4 Å². The lowest BCUT2D eigenvalue weighted by molar-refractivity contribution is 0.288. The van der Waals surface area contributed by atoms with Crippen LogP contribution in [0.15, 0.2) is 36.4 Å². The summed E-state index contributed by atoms with van der Waals surface area (Å²) in [6.07, 6.45) is 0. The third-order valence-corrected chi connectivity index (χ3v) is 4.08. The van der Waals surface area contributed by atoms with Crippen LogP contribution in [-0.2, 0) is 0 Å². The highest BCUT2D eigenvalue weighted by Crippen LogP contribution is 2.33. The molecule has 0 radical (unpaired) electrons. The summed E-state index contributed by atoms with van der Waals surface area (Å²) >= 11 is 0. The average Bonchev–Trinajstić information content (AvgIpc) is 2.77. The Labute approximate surface area is 176 Å². The van der Waals surface area contributed by atoms with Crippen molar-refractivity contribution in [3.05, 3.63) is 36.4 Å². The van der Waals surface area contributed by atoms with E-state index < -0.39 is 0 Å². The molecule has 8 nitrogen and oxygen atoms in total. The van der Waals surface area contributed by atoms with Crippen molar-refractivity contribution in [1.82, 2.24) is 20.4 Å². The highest BCUT2D eigenvalue weighted by atomic mass is 16.5. The first-order valence-electron chi connectivity index (χ1n) is 10.1. The van der Waals surface area contributed by atoms with Crippen LogP contribution in [0.3, 0.4) is 0 Å². The summed E-state index contributed by atoms with van der Waals surface area (Å²) in [6, 6.07) is 11.0. The number of hydrogen-bond acceptors (Lipinski definition) is 8. The minimum Gasteiger partial charge on any atom is -0.490 e. The summed E-state index contributed by atoms with van der Waals surface area (Å²) in [7, 11) is 0. The van der Waals surface area contributed by atoms with Crippen LogP contribution in [0.5, 0.6) is 23.0 Å². The van der Waals surface area contributed by atoms with E-state index in [9.17, 15) is 0 Å². The third-order valence-electron chi connectivity index (χ3n) is 4.08. The van der Waals surface area contributed by atoms with Gasteiger partial charge in [-0.3, -0.25) is 0 Å². The molecule has 158 valence electrons. The van der Waals surface area contributed by atoms with E-state index >= 15 is 0 Å². The molecule has 0 amide bonds. The fraction of sp³-hybridized carbons (Fsp3) is 0.364. The number of hydrogen-bond donors (Lipinski definition) is 0. The monoisotopic (exact) mass is 410 g/mol. The van der Waals surface area contributed by atoms with Gasteiger partial charge in [-0.05, 0) is 64.1 Å². The molecule has 0 aliphatic carbocycles. The summed E-state index contributed by atoms with van der Waals surface area (Å²) in [6.45, 7) is 9.86. The molecule has 30 heavy (non-hydrogen) atoms. The SMILES string of the molecule is CCOc1ccc(-c2nnc(-c3ccc(OCC)c(OCC)c3)nn2)cc1OCC. The summed E-state index contributed by atoms with van der Waals surface area (Å²) in [5.41, 5.74) is 1.49. The van der Waals surface area contributed by atoms with E-state index in [0.717, 1.165) is 11.1 Å². The molecular weight excluding hydrogens is 384 g/mol. The van der Waals surface area contributed by atoms with Crippen molar-refractivity contribution in [1.29, 1.82) is 0 Å². The van der Waals surface area contributed by atoms with Gasteiger partial charge in [-0.15, -0.1) is 20.4 Å². The van der Waals surface area contributed by atoms with Crippen molar-refractivity contribution in [3.63, 3.8) is 0 Å². The van der Waals surface area contributed by atoms with Crippen molar-refractivity contribution in [2.45, 2.75) is 27.7 Å². The van der Waals surface area contributed by atoms with Crippen LogP contribution in [0.2, 0.25) is 0 Å². The number of aromatic nitrogens is 4. The molecule has 0 bridgehead atoms. The largest absolute Gasteiger partial charge is 0.490 e. The Bertz CT molecular complexity index is 885. The predicted octanol–water partition coefficient (Wildman–Crippen LogP) is 4.20. The fourth-order valence-electron chi connectivity index (χ4n) is 2.84. The van der Waals surface area contributed by atoms with Crippen molar-refractivity contribution in [3.8, 4) is 45.8 Å². The molecule has 0 atom stereocenters. The highest BCUT2D eigenvalue weighted by Gasteiger charge is 2.13. The van der Waals surface area contributed by atoms with Crippen LogP contribution in [0.25, 0.3) is 22.8 Å². The van der Waals surface area contributed by atoms with Crippen LogP contribution in [0.1, 0.15) is 27.7 Å². The maximum atomic E-state index is 5.66. The van der Waals surface area contributed by atoms with E-state index in [1.165, 1.54) is 0 Å². The van der Waals surface area contributed by atoms with E-state index in [1.807, 2.05) is 64.1 Å². The van der Waals surface area contributed by atoms with Crippen LogP contribution >= 0.6 is 0 Å². The topological polar surface area (TPSA) is 88.5 Å². The minimum atomic E-state index is 0.402. The maximum Gasteiger partial charge on any atom is 0.203 e. The van der Waals surface area contributed by atoms with E-state index in [4.69, 9.17) is 18.9 Å². The smallest absolute Gasteiger partial charge is 0.203 e. The first kappa shape index (κ1) is 21.3. The molecular formula is C22H26N4O4. The second-order valence-electron chi connectivity index (χ2n) is 6.10. The molecule has 0 unspecified atom stereocenters. The van der Waals surface area contributed by atoms with E-state index in [0.29, 0.717) is 61.1 Å². The second kappa shape index (κ2) is 10.4. The lowest BCUT2D eigenvalue weighted by Gasteiger charge is -2.12. The molecule has 0 spiro atoms. The van der Waals surface area contributed by atoms with E-state index in [2.05, 4.69) is 20.4 Å². The Morgan fingerprint density at radius 1 is 0.500 bits per heavy atom. The lowest BCUT2D eigenvalue weighted by Crippen LogP contribution is -2.02. The Balaban J connectivity index is 1.88. The minimum absolute atomic E-state index is 0.402. The van der Waals surface area contributed by atoms with Crippen molar-refractivity contribution in [2.75, 3.05) is 26.4 Å². The van der Waals surface area contributed by atoms with Gasteiger partial charge in [0, 0.05) is 11.1 Å². The molecule has 0 aliphatic rings. The van der Waals surface area contributed by atoms with Crippen LogP contribution in [0.4, 0.5) is 0 Å². The number of nitrogens with zero attached hydrogens (tertiary/aromatic N) is 4. The quantitative estimate of drug-likeness (QED) is 0.491. The molecule has 1 aromatic heterocycles.